The summed E-state index contributed by atoms with van der Waals surface area (Å²) >= 11 is 0. The number of carbonyl (C=O) groups excluding carboxylic acids is 1. The standard InChI is InChI=1S/C17H25NO4.ClH/c1-13(19)15-6-4-5-7-16(15)22-11-14(20)10-18-8-9-21-12-17(18,2)3;/h4-7,14,20H,8-12H2,1-3H3;1H. The van der Waals surface area contributed by atoms with Gasteiger partial charge in [-0.1, -0.05) is 12.1 Å². The van der Waals surface area contributed by atoms with Gasteiger partial charge in [0, 0.05) is 18.6 Å². The Hall–Kier alpha value is -1.14. The third kappa shape index (κ3) is 5.46. The number of ether oxygens (including phenoxy) is 2. The molecule has 0 spiro atoms. The van der Waals surface area contributed by atoms with E-state index < -0.39 is 6.10 Å². The van der Waals surface area contributed by atoms with Gasteiger partial charge in [-0.15, -0.1) is 12.4 Å². The molecule has 1 fully saturated rings. The number of aliphatic hydroxyl groups excluding tert-OH is 1. The van der Waals surface area contributed by atoms with E-state index in [0.717, 1.165) is 6.54 Å². The van der Waals surface area contributed by atoms with Crippen LogP contribution in [0.1, 0.15) is 31.1 Å². The molecule has 1 saturated heterocycles. The number of carbonyl (C=O) groups is 1. The zero-order chi connectivity index (χ0) is 16.2. The van der Waals surface area contributed by atoms with Gasteiger partial charge in [0.05, 0.1) is 18.8 Å². The molecule has 0 aliphatic carbocycles. The molecule has 6 heteroatoms. The first kappa shape index (κ1) is 19.9. The van der Waals surface area contributed by atoms with Gasteiger partial charge in [0.1, 0.15) is 18.5 Å². The fraction of sp³-hybridized carbons (Fsp3) is 0.588. The number of β-amino-alcohol motifs (C(OH)–C–C–N with tert-alkyl or cyclic N) is 1. The Balaban J connectivity index is 0.00000264. The van der Waals surface area contributed by atoms with Crippen molar-refractivity contribution in [2.24, 2.45) is 0 Å². The number of benzene rings is 1. The van der Waals surface area contributed by atoms with Crippen molar-refractivity contribution in [3.8, 4) is 5.75 Å². The molecular formula is C17H26ClNO4. The third-order valence-corrected chi connectivity index (χ3v) is 3.95. The molecular weight excluding hydrogens is 318 g/mol. The predicted octanol–water partition coefficient (Wildman–Crippen LogP) is 2.16. The van der Waals surface area contributed by atoms with E-state index in [-0.39, 0.29) is 30.3 Å². The minimum absolute atomic E-state index is 0. The summed E-state index contributed by atoms with van der Waals surface area (Å²) in [6, 6.07) is 7.10. The Morgan fingerprint density at radius 3 is 2.78 bits per heavy atom. The van der Waals surface area contributed by atoms with Crippen LogP contribution in [0.3, 0.4) is 0 Å². The summed E-state index contributed by atoms with van der Waals surface area (Å²) < 4.78 is 11.1. The third-order valence-electron chi connectivity index (χ3n) is 3.95. The molecule has 1 aliphatic rings. The number of hydrogen-bond acceptors (Lipinski definition) is 5. The van der Waals surface area contributed by atoms with E-state index in [4.69, 9.17) is 9.47 Å². The Labute approximate surface area is 144 Å². The Morgan fingerprint density at radius 1 is 1.43 bits per heavy atom. The van der Waals surface area contributed by atoms with E-state index in [1.807, 2.05) is 6.07 Å². The minimum atomic E-state index is -0.614. The average molecular weight is 344 g/mol. The normalized spacial score (nSPS) is 18.8. The fourth-order valence-electron chi connectivity index (χ4n) is 2.61. The predicted molar refractivity (Wildman–Crippen MR) is 91.7 cm³/mol. The summed E-state index contributed by atoms with van der Waals surface area (Å²) in [7, 11) is 0. The lowest BCUT2D eigenvalue weighted by molar-refractivity contribution is -0.0703. The second-order valence-electron chi connectivity index (χ2n) is 6.33. The Bertz CT molecular complexity index is 521. The highest BCUT2D eigenvalue weighted by Gasteiger charge is 2.31. The first-order valence-electron chi connectivity index (χ1n) is 7.64. The van der Waals surface area contributed by atoms with E-state index in [2.05, 4.69) is 18.7 Å². The molecule has 1 aliphatic heterocycles. The van der Waals surface area contributed by atoms with Crippen molar-refractivity contribution in [1.29, 1.82) is 0 Å². The van der Waals surface area contributed by atoms with Gasteiger partial charge in [-0.3, -0.25) is 9.69 Å². The molecule has 23 heavy (non-hydrogen) atoms. The van der Waals surface area contributed by atoms with Crippen LogP contribution in [0.25, 0.3) is 0 Å². The SMILES string of the molecule is CC(=O)c1ccccc1OCC(O)CN1CCOCC1(C)C.Cl. The molecule has 1 heterocycles. The van der Waals surface area contributed by atoms with Gasteiger partial charge >= 0.3 is 0 Å². The largest absolute Gasteiger partial charge is 0.490 e. The van der Waals surface area contributed by atoms with Crippen molar-refractivity contribution < 1.29 is 19.4 Å². The first-order valence-corrected chi connectivity index (χ1v) is 7.64. The number of morpholine rings is 1. The lowest BCUT2D eigenvalue weighted by atomic mass is 10.0. The summed E-state index contributed by atoms with van der Waals surface area (Å²) in [5, 5.41) is 10.2. The first-order chi connectivity index (χ1) is 10.4. The Morgan fingerprint density at radius 2 is 2.13 bits per heavy atom. The van der Waals surface area contributed by atoms with Crippen molar-refractivity contribution in [3.63, 3.8) is 0 Å². The molecule has 2 rings (SSSR count). The lowest BCUT2D eigenvalue weighted by Gasteiger charge is -2.42. The van der Waals surface area contributed by atoms with Crippen LogP contribution in [0.4, 0.5) is 0 Å². The number of nitrogens with zero attached hydrogens (tertiary/aromatic N) is 1. The zero-order valence-corrected chi connectivity index (χ0v) is 14.8. The van der Waals surface area contributed by atoms with Crippen LogP contribution in [0.5, 0.6) is 5.75 Å². The number of halogens is 1. The zero-order valence-electron chi connectivity index (χ0n) is 13.9. The van der Waals surface area contributed by atoms with Gasteiger partial charge in [-0.2, -0.15) is 0 Å². The molecule has 0 amide bonds. The van der Waals surface area contributed by atoms with E-state index in [9.17, 15) is 9.90 Å². The highest BCUT2D eigenvalue weighted by atomic mass is 35.5. The minimum Gasteiger partial charge on any atom is -0.490 e. The summed E-state index contributed by atoms with van der Waals surface area (Å²) in [6.07, 6.45) is -0.614. The van der Waals surface area contributed by atoms with Gasteiger partial charge in [0.25, 0.3) is 0 Å². The van der Waals surface area contributed by atoms with Crippen LogP contribution in [0.2, 0.25) is 0 Å². The highest BCUT2D eigenvalue weighted by molar-refractivity contribution is 5.96. The molecule has 0 saturated carbocycles. The van der Waals surface area contributed by atoms with E-state index >= 15 is 0 Å². The van der Waals surface area contributed by atoms with Crippen molar-refractivity contribution in [2.75, 3.05) is 32.9 Å². The number of rotatable bonds is 6. The van der Waals surface area contributed by atoms with Crippen LogP contribution in [0.15, 0.2) is 24.3 Å². The average Bonchev–Trinajstić information content (AvgIpc) is 2.47. The molecule has 1 aromatic carbocycles. The number of ketones is 1. The van der Waals surface area contributed by atoms with Gasteiger partial charge in [0.2, 0.25) is 0 Å². The monoisotopic (exact) mass is 343 g/mol. The van der Waals surface area contributed by atoms with E-state index in [1.165, 1.54) is 6.92 Å². The molecule has 0 radical (unpaired) electrons. The molecule has 0 aromatic heterocycles. The van der Waals surface area contributed by atoms with Gasteiger partial charge in [-0.05, 0) is 32.9 Å². The highest BCUT2D eigenvalue weighted by Crippen LogP contribution is 2.21. The fourth-order valence-corrected chi connectivity index (χ4v) is 2.61. The second kappa shape index (κ2) is 8.64. The quantitative estimate of drug-likeness (QED) is 0.802. The number of Topliss-reactive ketones (excluding diaryl/α,β-unsaturated/α-hetero) is 1. The molecule has 1 aromatic rings. The van der Waals surface area contributed by atoms with Crippen molar-refractivity contribution in [2.45, 2.75) is 32.4 Å². The molecule has 1 N–H and O–H groups in total. The summed E-state index contributed by atoms with van der Waals surface area (Å²) in [4.78, 5) is 13.8. The maximum Gasteiger partial charge on any atom is 0.163 e. The smallest absolute Gasteiger partial charge is 0.163 e. The van der Waals surface area contributed by atoms with Crippen LogP contribution in [-0.4, -0.2) is 60.3 Å². The molecule has 130 valence electrons. The molecule has 5 nitrogen and oxygen atoms in total. The van der Waals surface area contributed by atoms with Crippen molar-refractivity contribution in [1.82, 2.24) is 4.90 Å². The van der Waals surface area contributed by atoms with Crippen molar-refractivity contribution in [3.05, 3.63) is 29.8 Å². The topological polar surface area (TPSA) is 59.0 Å². The maximum atomic E-state index is 11.5. The van der Waals surface area contributed by atoms with Crippen LogP contribution in [-0.2, 0) is 4.74 Å². The van der Waals surface area contributed by atoms with Crippen molar-refractivity contribution >= 4 is 18.2 Å². The number of aliphatic hydroxyl groups is 1. The number of para-hydroxylation sites is 1. The van der Waals surface area contributed by atoms with Crippen LogP contribution >= 0.6 is 12.4 Å². The summed E-state index contributed by atoms with van der Waals surface area (Å²) in [5.41, 5.74) is 0.456. The number of hydrogen-bond donors (Lipinski definition) is 1. The van der Waals surface area contributed by atoms with Crippen LogP contribution in [0, 0.1) is 0 Å². The van der Waals surface area contributed by atoms with Gasteiger partial charge in [0.15, 0.2) is 5.78 Å². The van der Waals surface area contributed by atoms with E-state index in [1.54, 1.807) is 18.2 Å². The summed E-state index contributed by atoms with van der Waals surface area (Å²) in [5.74, 6) is 0.481. The van der Waals surface area contributed by atoms with E-state index in [0.29, 0.717) is 31.1 Å². The maximum absolute atomic E-state index is 11.5. The molecule has 1 unspecified atom stereocenters. The Kier molecular flexibility index (Phi) is 7.48. The van der Waals surface area contributed by atoms with Gasteiger partial charge in [-0.25, -0.2) is 0 Å². The summed E-state index contributed by atoms with van der Waals surface area (Å²) in [6.45, 7) is 8.55. The van der Waals surface area contributed by atoms with Crippen LogP contribution < -0.4 is 4.74 Å². The second-order valence-corrected chi connectivity index (χ2v) is 6.33. The molecule has 0 bridgehead atoms. The lowest BCUT2D eigenvalue weighted by Crippen LogP contribution is -2.55. The van der Waals surface area contributed by atoms with Gasteiger partial charge < -0.3 is 14.6 Å². The molecule has 1 atom stereocenters.